The Kier molecular flexibility index (Phi) is 2.91. The number of ether oxygens (including phenoxy) is 1. The van der Waals surface area contributed by atoms with Crippen molar-refractivity contribution in [3.05, 3.63) is 11.6 Å². The van der Waals surface area contributed by atoms with Crippen LogP contribution in [0, 0.1) is 5.92 Å². The van der Waals surface area contributed by atoms with E-state index in [0.717, 1.165) is 18.6 Å². The number of aliphatic hydroxyl groups is 1. The Bertz CT molecular complexity index is 172. The van der Waals surface area contributed by atoms with E-state index in [4.69, 9.17) is 4.74 Å². The van der Waals surface area contributed by atoms with Crippen LogP contribution in [-0.4, -0.2) is 23.9 Å². The van der Waals surface area contributed by atoms with E-state index in [2.05, 4.69) is 0 Å². The number of rotatable bonds is 2. The lowest BCUT2D eigenvalue weighted by Crippen LogP contribution is -2.32. The average Bonchev–Trinajstić information content (AvgIpc) is 2.32. The predicted octanol–water partition coefficient (Wildman–Crippen LogP) is 1.74. The molecule has 2 unspecified atom stereocenters. The molecule has 0 aromatic carbocycles. The Hall–Kier alpha value is -0.340. The molecule has 1 rings (SSSR count). The quantitative estimate of drug-likeness (QED) is 0.640. The maximum atomic E-state index is 10.0. The minimum atomic E-state index is -0.685. The second-order valence-corrected chi connectivity index (χ2v) is 4.01. The standard InChI is InChI=1S/C10H18O2/c1-8(2)6-10(3,11)9-4-5-12-7-9/h6,9,11H,4-5,7H2,1-3H3. The van der Waals surface area contributed by atoms with Crippen LogP contribution in [0.3, 0.4) is 0 Å². The molecule has 2 heteroatoms. The van der Waals surface area contributed by atoms with Crippen LogP contribution in [0.25, 0.3) is 0 Å². The zero-order chi connectivity index (χ0) is 9.19. The molecule has 1 aliphatic rings. The van der Waals surface area contributed by atoms with Crippen molar-refractivity contribution in [1.29, 1.82) is 0 Å². The Morgan fingerprint density at radius 3 is 2.67 bits per heavy atom. The molecule has 0 aromatic heterocycles. The zero-order valence-corrected chi connectivity index (χ0v) is 8.13. The highest BCUT2D eigenvalue weighted by molar-refractivity contribution is 5.08. The van der Waals surface area contributed by atoms with Crippen molar-refractivity contribution in [2.75, 3.05) is 13.2 Å². The summed E-state index contributed by atoms with van der Waals surface area (Å²) in [6, 6.07) is 0. The summed E-state index contributed by atoms with van der Waals surface area (Å²) in [6.07, 6.45) is 2.89. The molecular formula is C10H18O2. The molecule has 1 aliphatic heterocycles. The lowest BCUT2D eigenvalue weighted by atomic mass is 9.87. The Labute approximate surface area is 74.2 Å². The first-order valence-electron chi connectivity index (χ1n) is 4.48. The summed E-state index contributed by atoms with van der Waals surface area (Å²) >= 11 is 0. The van der Waals surface area contributed by atoms with Crippen LogP contribution < -0.4 is 0 Å². The van der Waals surface area contributed by atoms with Gasteiger partial charge in [0.05, 0.1) is 12.2 Å². The van der Waals surface area contributed by atoms with Crippen LogP contribution in [0.5, 0.6) is 0 Å². The predicted molar refractivity (Wildman–Crippen MR) is 49.0 cm³/mol. The molecule has 0 spiro atoms. The Balaban J connectivity index is 2.63. The lowest BCUT2D eigenvalue weighted by molar-refractivity contribution is 0.0382. The van der Waals surface area contributed by atoms with Gasteiger partial charge in [-0.25, -0.2) is 0 Å². The average molecular weight is 170 g/mol. The third-order valence-electron chi connectivity index (χ3n) is 2.34. The molecule has 0 radical (unpaired) electrons. The first-order valence-corrected chi connectivity index (χ1v) is 4.48. The van der Waals surface area contributed by atoms with Crippen molar-refractivity contribution in [3.63, 3.8) is 0 Å². The van der Waals surface area contributed by atoms with E-state index in [1.165, 1.54) is 0 Å². The zero-order valence-electron chi connectivity index (χ0n) is 8.13. The smallest absolute Gasteiger partial charge is 0.0852 e. The summed E-state index contributed by atoms with van der Waals surface area (Å²) < 4.78 is 5.24. The monoisotopic (exact) mass is 170 g/mol. The minimum Gasteiger partial charge on any atom is -0.386 e. The molecule has 70 valence electrons. The Morgan fingerprint density at radius 2 is 2.25 bits per heavy atom. The highest BCUT2D eigenvalue weighted by atomic mass is 16.5. The summed E-state index contributed by atoms with van der Waals surface area (Å²) in [7, 11) is 0. The SMILES string of the molecule is CC(C)=CC(C)(O)C1CCOC1. The van der Waals surface area contributed by atoms with Crippen LogP contribution in [0.2, 0.25) is 0 Å². The van der Waals surface area contributed by atoms with E-state index < -0.39 is 5.60 Å². The summed E-state index contributed by atoms with van der Waals surface area (Å²) in [5.74, 6) is 0.271. The van der Waals surface area contributed by atoms with Gasteiger partial charge in [0.15, 0.2) is 0 Å². The normalized spacial score (nSPS) is 28.2. The van der Waals surface area contributed by atoms with Gasteiger partial charge in [-0.05, 0) is 27.2 Å². The maximum absolute atomic E-state index is 10.0. The molecule has 1 saturated heterocycles. The molecule has 0 aromatic rings. The summed E-state index contributed by atoms with van der Waals surface area (Å²) in [5, 5.41) is 10.0. The van der Waals surface area contributed by atoms with Crippen molar-refractivity contribution < 1.29 is 9.84 Å². The molecule has 2 nitrogen and oxygen atoms in total. The second kappa shape index (κ2) is 3.58. The summed E-state index contributed by atoms with van der Waals surface area (Å²) in [5.41, 5.74) is 0.474. The number of hydrogen-bond donors (Lipinski definition) is 1. The van der Waals surface area contributed by atoms with Crippen molar-refractivity contribution in [3.8, 4) is 0 Å². The van der Waals surface area contributed by atoms with Crippen molar-refractivity contribution in [2.45, 2.75) is 32.8 Å². The summed E-state index contributed by atoms with van der Waals surface area (Å²) in [4.78, 5) is 0. The fourth-order valence-corrected chi connectivity index (χ4v) is 1.70. The highest BCUT2D eigenvalue weighted by Gasteiger charge is 2.32. The molecule has 12 heavy (non-hydrogen) atoms. The Morgan fingerprint density at radius 1 is 1.58 bits per heavy atom. The van der Waals surface area contributed by atoms with Crippen molar-refractivity contribution >= 4 is 0 Å². The van der Waals surface area contributed by atoms with Gasteiger partial charge in [-0.15, -0.1) is 0 Å². The van der Waals surface area contributed by atoms with Gasteiger partial charge in [-0.1, -0.05) is 11.6 Å². The molecular weight excluding hydrogens is 152 g/mol. The van der Waals surface area contributed by atoms with Crippen molar-refractivity contribution in [2.24, 2.45) is 5.92 Å². The van der Waals surface area contributed by atoms with Gasteiger partial charge in [0.25, 0.3) is 0 Å². The fourth-order valence-electron chi connectivity index (χ4n) is 1.70. The van der Waals surface area contributed by atoms with Crippen LogP contribution in [-0.2, 0) is 4.74 Å². The van der Waals surface area contributed by atoms with Crippen LogP contribution in [0.1, 0.15) is 27.2 Å². The summed E-state index contributed by atoms with van der Waals surface area (Å²) in [6.45, 7) is 7.35. The molecule has 0 amide bonds. The molecule has 0 aliphatic carbocycles. The largest absolute Gasteiger partial charge is 0.386 e. The lowest BCUT2D eigenvalue weighted by Gasteiger charge is -2.25. The van der Waals surface area contributed by atoms with Gasteiger partial charge in [-0.3, -0.25) is 0 Å². The van der Waals surface area contributed by atoms with Crippen LogP contribution in [0.4, 0.5) is 0 Å². The first kappa shape index (κ1) is 9.75. The first-order chi connectivity index (χ1) is 5.52. The van der Waals surface area contributed by atoms with E-state index >= 15 is 0 Å². The third kappa shape index (κ3) is 2.32. The topological polar surface area (TPSA) is 29.5 Å². The van der Waals surface area contributed by atoms with Gasteiger partial charge in [0, 0.05) is 12.5 Å². The minimum absolute atomic E-state index is 0.271. The second-order valence-electron chi connectivity index (χ2n) is 4.01. The molecule has 1 N–H and O–H groups in total. The maximum Gasteiger partial charge on any atom is 0.0852 e. The molecule has 1 heterocycles. The van der Waals surface area contributed by atoms with Crippen LogP contribution in [0.15, 0.2) is 11.6 Å². The molecule has 1 fully saturated rings. The molecule has 0 saturated carbocycles. The van der Waals surface area contributed by atoms with E-state index in [0.29, 0.717) is 6.61 Å². The van der Waals surface area contributed by atoms with E-state index in [-0.39, 0.29) is 5.92 Å². The van der Waals surface area contributed by atoms with Crippen molar-refractivity contribution in [1.82, 2.24) is 0 Å². The fraction of sp³-hybridized carbons (Fsp3) is 0.800. The van der Waals surface area contributed by atoms with Crippen LogP contribution >= 0.6 is 0 Å². The van der Waals surface area contributed by atoms with E-state index in [1.54, 1.807) is 0 Å². The van der Waals surface area contributed by atoms with E-state index in [9.17, 15) is 5.11 Å². The molecule has 0 bridgehead atoms. The van der Waals surface area contributed by atoms with Gasteiger partial charge < -0.3 is 9.84 Å². The highest BCUT2D eigenvalue weighted by Crippen LogP contribution is 2.27. The van der Waals surface area contributed by atoms with Gasteiger partial charge in [-0.2, -0.15) is 0 Å². The van der Waals surface area contributed by atoms with Gasteiger partial charge in [0.2, 0.25) is 0 Å². The van der Waals surface area contributed by atoms with Gasteiger partial charge >= 0.3 is 0 Å². The number of allylic oxidation sites excluding steroid dienone is 1. The number of hydrogen-bond acceptors (Lipinski definition) is 2. The van der Waals surface area contributed by atoms with E-state index in [1.807, 2.05) is 26.8 Å². The molecule has 2 atom stereocenters. The van der Waals surface area contributed by atoms with Gasteiger partial charge in [0.1, 0.15) is 0 Å². The third-order valence-corrected chi connectivity index (χ3v) is 2.34.